The van der Waals surface area contributed by atoms with Gasteiger partial charge in [0, 0.05) is 18.2 Å². The maximum absolute atomic E-state index is 12.6. The molecule has 4 nitrogen and oxygen atoms in total. The molecule has 1 aromatic rings. The van der Waals surface area contributed by atoms with E-state index in [1.54, 1.807) is 0 Å². The summed E-state index contributed by atoms with van der Waals surface area (Å²) in [5.41, 5.74) is -1.42. The molecule has 1 rings (SSSR count). The van der Waals surface area contributed by atoms with Crippen molar-refractivity contribution in [1.82, 2.24) is 0 Å². The minimum Gasteiger partial charge on any atom is -0.390 e. The molecule has 0 fully saturated rings. The van der Waals surface area contributed by atoms with E-state index in [0.717, 1.165) is 23.9 Å². The van der Waals surface area contributed by atoms with Gasteiger partial charge in [0.2, 0.25) is 0 Å². The van der Waals surface area contributed by atoms with Crippen LogP contribution in [0.15, 0.2) is 18.2 Å². The lowest BCUT2D eigenvalue weighted by Gasteiger charge is -2.20. The van der Waals surface area contributed by atoms with Gasteiger partial charge in [0.1, 0.15) is 12.4 Å². The van der Waals surface area contributed by atoms with Crippen molar-refractivity contribution in [2.75, 3.05) is 5.75 Å². The fraction of sp³-hybridized carbons (Fsp3) is 0.429. The van der Waals surface area contributed by atoms with Crippen molar-refractivity contribution in [2.24, 2.45) is 0 Å². The zero-order valence-electron chi connectivity index (χ0n) is 11.6. The van der Waals surface area contributed by atoms with Crippen LogP contribution in [0.1, 0.15) is 40.9 Å². The molecule has 0 aliphatic rings. The highest BCUT2D eigenvalue weighted by molar-refractivity contribution is 8.13. The molecule has 0 saturated carbocycles. The van der Waals surface area contributed by atoms with Gasteiger partial charge in [-0.3, -0.25) is 9.59 Å². The quantitative estimate of drug-likeness (QED) is 0.781. The van der Waals surface area contributed by atoms with E-state index in [1.807, 2.05) is 0 Å². The number of rotatable bonds is 6. The number of thioether (sulfide) groups is 1. The second kappa shape index (κ2) is 7.75. The Kier molecular flexibility index (Phi) is 6.58. The summed E-state index contributed by atoms with van der Waals surface area (Å²) in [5, 5.41) is 19.6. The van der Waals surface area contributed by atoms with Crippen LogP contribution >= 0.6 is 11.8 Å². The standard InChI is InChI=1S/C14H15F3O4S/c1-8(19)22-5-4-12(20)13(21)11-3-2-10(14(15,16)17)6-9(11)7-18/h2-3,6-7,12-13,20-21H,4-5H2,1H3. The Labute approximate surface area is 129 Å². The molecule has 22 heavy (non-hydrogen) atoms. The highest BCUT2D eigenvalue weighted by Crippen LogP contribution is 2.32. The first-order chi connectivity index (χ1) is 10.2. The highest BCUT2D eigenvalue weighted by Gasteiger charge is 2.32. The summed E-state index contributed by atoms with van der Waals surface area (Å²) in [7, 11) is 0. The Bertz CT molecular complexity index is 545. The summed E-state index contributed by atoms with van der Waals surface area (Å²) in [4.78, 5) is 21.7. The largest absolute Gasteiger partial charge is 0.416 e. The number of carbonyl (C=O) groups is 2. The van der Waals surface area contributed by atoms with Crippen molar-refractivity contribution in [3.63, 3.8) is 0 Å². The molecule has 1 aromatic carbocycles. The summed E-state index contributed by atoms with van der Waals surface area (Å²) < 4.78 is 37.7. The Morgan fingerprint density at radius 2 is 2.00 bits per heavy atom. The van der Waals surface area contributed by atoms with Crippen molar-refractivity contribution in [3.8, 4) is 0 Å². The minimum absolute atomic E-state index is 0.0603. The second-order valence-corrected chi connectivity index (χ2v) is 5.87. The summed E-state index contributed by atoms with van der Waals surface area (Å²) in [6, 6.07) is 2.34. The monoisotopic (exact) mass is 336 g/mol. The summed E-state index contributed by atoms with van der Waals surface area (Å²) >= 11 is 0.960. The molecule has 0 amide bonds. The Balaban J connectivity index is 2.90. The van der Waals surface area contributed by atoms with Gasteiger partial charge in [0.05, 0.1) is 11.7 Å². The normalized spacial score (nSPS) is 14.5. The predicted molar refractivity (Wildman–Crippen MR) is 75.6 cm³/mol. The number of aliphatic hydroxyl groups is 2. The third-order valence-corrected chi connectivity index (χ3v) is 3.79. The van der Waals surface area contributed by atoms with Crippen molar-refractivity contribution < 1.29 is 33.0 Å². The fourth-order valence-corrected chi connectivity index (χ4v) is 2.46. The van der Waals surface area contributed by atoms with Gasteiger partial charge in [-0.25, -0.2) is 0 Å². The number of aliphatic hydroxyl groups excluding tert-OH is 2. The Morgan fingerprint density at radius 3 is 2.50 bits per heavy atom. The molecule has 8 heteroatoms. The fourth-order valence-electron chi connectivity index (χ4n) is 1.81. The van der Waals surface area contributed by atoms with Crippen LogP contribution in [0.4, 0.5) is 13.2 Å². The van der Waals surface area contributed by atoms with Gasteiger partial charge >= 0.3 is 6.18 Å². The van der Waals surface area contributed by atoms with Crippen LogP contribution in [-0.4, -0.2) is 33.5 Å². The number of alkyl halides is 3. The first-order valence-electron chi connectivity index (χ1n) is 6.32. The van der Waals surface area contributed by atoms with Crippen LogP contribution in [0.25, 0.3) is 0 Å². The molecule has 0 aromatic heterocycles. The van der Waals surface area contributed by atoms with E-state index >= 15 is 0 Å². The summed E-state index contributed by atoms with van der Waals surface area (Å²) in [5.74, 6) is 0.255. The molecule has 2 unspecified atom stereocenters. The van der Waals surface area contributed by atoms with Gasteiger partial charge in [-0.2, -0.15) is 13.2 Å². The van der Waals surface area contributed by atoms with Crippen LogP contribution in [0.3, 0.4) is 0 Å². The third kappa shape index (κ3) is 5.11. The lowest BCUT2D eigenvalue weighted by Crippen LogP contribution is -2.21. The van der Waals surface area contributed by atoms with Gasteiger partial charge in [-0.15, -0.1) is 0 Å². The predicted octanol–water partition coefficient (Wildman–Crippen LogP) is 2.58. The van der Waals surface area contributed by atoms with Crippen LogP contribution in [-0.2, 0) is 11.0 Å². The number of hydrogen-bond donors (Lipinski definition) is 2. The average molecular weight is 336 g/mol. The first-order valence-corrected chi connectivity index (χ1v) is 7.31. The van der Waals surface area contributed by atoms with E-state index in [-0.39, 0.29) is 34.7 Å². The maximum Gasteiger partial charge on any atom is 0.416 e. The molecule has 0 radical (unpaired) electrons. The molecular formula is C14H15F3O4S. The SMILES string of the molecule is CC(=O)SCCC(O)C(O)c1ccc(C(F)(F)F)cc1C=O. The Hall–Kier alpha value is -1.38. The number of carbonyl (C=O) groups excluding carboxylic acids is 2. The summed E-state index contributed by atoms with van der Waals surface area (Å²) in [6.07, 6.45) is -7.13. The maximum atomic E-state index is 12.6. The van der Waals surface area contributed by atoms with Crippen molar-refractivity contribution in [2.45, 2.75) is 31.7 Å². The van der Waals surface area contributed by atoms with E-state index in [0.29, 0.717) is 6.07 Å². The van der Waals surface area contributed by atoms with Gasteiger partial charge in [0.25, 0.3) is 0 Å². The smallest absolute Gasteiger partial charge is 0.390 e. The van der Waals surface area contributed by atoms with Crippen LogP contribution in [0.5, 0.6) is 0 Å². The number of benzene rings is 1. The van der Waals surface area contributed by atoms with Crippen molar-refractivity contribution >= 4 is 23.2 Å². The zero-order valence-corrected chi connectivity index (χ0v) is 12.4. The minimum atomic E-state index is -4.60. The van der Waals surface area contributed by atoms with Crippen molar-refractivity contribution in [1.29, 1.82) is 0 Å². The van der Waals surface area contributed by atoms with E-state index in [2.05, 4.69) is 0 Å². The molecule has 2 atom stereocenters. The van der Waals surface area contributed by atoms with Gasteiger partial charge in [0.15, 0.2) is 5.12 Å². The van der Waals surface area contributed by atoms with Gasteiger partial charge in [-0.1, -0.05) is 17.8 Å². The molecule has 2 N–H and O–H groups in total. The average Bonchev–Trinajstić information content (AvgIpc) is 2.44. The molecular weight excluding hydrogens is 321 g/mol. The lowest BCUT2D eigenvalue weighted by atomic mass is 9.96. The molecule has 0 aliphatic heterocycles. The van der Waals surface area contributed by atoms with Gasteiger partial charge < -0.3 is 10.2 Å². The number of hydrogen-bond acceptors (Lipinski definition) is 5. The van der Waals surface area contributed by atoms with E-state index in [1.165, 1.54) is 6.92 Å². The topological polar surface area (TPSA) is 74.6 Å². The number of halogens is 3. The van der Waals surface area contributed by atoms with E-state index < -0.39 is 23.9 Å². The molecule has 0 aliphatic carbocycles. The molecule has 0 bridgehead atoms. The Morgan fingerprint density at radius 1 is 1.36 bits per heavy atom. The third-order valence-electron chi connectivity index (χ3n) is 2.94. The zero-order chi connectivity index (χ0) is 16.9. The van der Waals surface area contributed by atoms with E-state index in [9.17, 15) is 33.0 Å². The van der Waals surface area contributed by atoms with Gasteiger partial charge in [-0.05, 0) is 24.1 Å². The van der Waals surface area contributed by atoms with Crippen molar-refractivity contribution in [3.05, 3.63) is 34.9 Å². The van der Waals surface area contributed by atoms with Crippen LogP contribution in [0, 0.1) is 0 Å². The lowest BCUT2D eigenvalue weighted by molar-refractivity contribution is -0.137. The first kappa shape index (κ1) is 18.7. The molecule has 0 heterocycles. The molecule has 0 saturated heterocycles. The second-order valence-electron chi connectivity index (χ2n) is 4.60. The highest BCUT2D eigenvalue weighted by atomic mass is 32.2. The molecule has 122 valence electrons. The molecule has 0 spiro atoms. The van der Waals surface area contributed by atoms with E-state index in [4.69, 9.17) is 0 Å². The summed E-state index contributed by atoms with van der Waals surface area (Å²) in [6.45, 7) is 1.35. The number of aldehydes is 1. The van der Waals surface area contributed by atoms with Crippen LogP contribution < -0.4 is 0 Å². The van der Waals surface area contributed by atoms with Crippen LogP contribution in [0.2, 0.25) is 0 Å².